The molecule has 0 aliphatic carbocycles. The zero-order valence-electron chi connectivity index (χ0n) is 11.4. The van der Waals surface area contributed by atoms with Crippen LogP contribution in [-0.4, -0.2) is 69.2 Å². The SMILES string of the molecule is COCCN(CCCC(C)(N)CO)CCOC. The molecular weight excluding hydrogens is 220 g/mol. The van der Waals surface area contributed by atoms with Crippen molar-refractivity contribution >= 4 is 0 Å². The first-order valence-corrected chi connectivity index (χ1v) is 6.15. The van der Waals surface area contributed by atoms with Gasteiger partial charge in [-0.2, -0.15) is 0 Å². The summed E-state index contributed by atoms with van der Waals surface area (Å²) in [5.74, 6) is 0. The second-order valence-electron chi connectivity index (χ2n) is 4.74. The minimum Gasteiger partial charge on any atom is -0.394 e. The van der Waals surface area contributed by atoms with Crippen LogP contribution in [0.5, 0.6) is 0 Å². The predicted octanol–water partition coefficient (Wildman–Crippen LogP) is 0.0711. The average molecular weight is 248 g/mol. The van der Waals surface area contributed by atoms with Crippen LogP contribution in [0.2, 0.25) is 0 Å². The number of hydrogen-bond donors (Lipinski definition) is 2. The molecule has 0 rings (SSSR count). The minimum absolute atomic E-state index is 0.0309. The summed E-state index contributed by atoms with van der Waals surface area (Å²) in [6.07, 6.45) is 1.79. The van der Waals surface area contributed by atoms with Gasteiger partial charge in [-0.05, 0) is 26.3 Å². The van der Waals surface area contributed by atoms with Crippen LogP contribution in [0.15, 0.2) is 0 Å². The summed E-state index contributed by atoms with van der Waals surface area (Å²) in [6, 6.07) is 0. The van der Waals surface area contributed by atoms with Gasteiger partial charge in [0.25, 0.3) is 0 Å². The van der Waals surface area contributed by atoms with Gasteiger partial charge < -0.3 is 20.3 Å². The highest BCUT2D eigenvalue weighted by atomic mass is 16.5. The molecule has 0 saturated heterocycles. The van der Waals surface area contributed by atoms with Gasteiger partial charge in [-0.15, -0.1) is 0 Å². The molecule has 1 unspecified atom stereocenters. The lowest BCUT2D eigenvalue weighted by Gasteiger charge is -2.25. The molecule has 1 atom stereocenters. The van der Waals surface area contributed by atoms with E-state index in [-0.39, 0.29) is 6.61 Å². The Hall–Kier alpha value is -0.200. The van der Waals surface area contributed by atoms with Crippen molar-refractivity contribution in [1.82, 2.24) is 4.90 Å². The highest BCUT2D eigenvalue weighted by Gasteiger charge is 2.16. The Bertz CT molecular complexity index is 169. The Morgan fingerprint density at radius 1 is 1.12 bits per heavy atom. The van der Waals surface area contributed by atoms with Crippen molar-refractivity contribution in [2.24, 2.45) is 5.73 Å². The van der Waals surface area contributed by atoms with E-state index < -0.39 is 5.54 Å². The lowest BCUT2D eigenvalue weighted by molar-refractivity contribution is 0.110. The molecule has 17 heavy (non-hydrogen) atoms. The van der Waals surface area contributed by atoms with Crippen LogP contribution in [0, 0.1) is 0 Å². The molecule has 0 bridgehead atoms. The molecule has 0 spiro atoms. The van der Waals surface area contributed by atoms with Gasteiger partial charge in [0, 0.05) is 32.8 Å². The van der Waals surface area contributed by atoms with Gasteiger partial charge in [0.15, 0.2) is 0 Å². The molecule has 0 aromatic heterocycles. The standard InChI is InChI=1S/C12H28N2O3/c1-12(13,11-15)5-4-6-14(7-9-16-2)8-10-17-3/h15H,4-11,13H2,1-3H3. The second-order valence-corrected chi connectivity index (χ2v) is 4.74. The molecule has 0 radical (unpaired) electrons. The normalized spacial score (nSPS) is 15.2. The number of methoxy groups -OCH3 is 2. The van der Waals surface area contributed by atoms with E-state index in [1.807, 2.05) is 6.92 Å². The van der Waals surface area contributed by atoms with Crippen molar-refractivity contribution in [3.05, 3.63) is 0 Å². The molecule has 0 amide bonds. The monoisotopic (exact) mass is 248 g/mol. The number of hydrogen-bond acceptors (Lipinski definition) is 5. The van der Waals surface area contributed by atoms with Crippen LogP contribution in [0.1, 0.15) is 19.8 Å². The van der Waals surface area contributed by atoms with Gasteiger partial charge in [-0.25, -0.2) is 0 Å². The Balaban J connectivity index is 3.81. The van der Waals surface area contributed by atoms with E-state index in [2.05, 4.69) is 4.90 Å². The van der Waals surface area contributed by atoms with Gasteiger partial charge in [-0.3, -0.25) is 4.90 Å². The lowest BCUT2D eigenvalue weighted by atomic mass is 9.98. The van der Waals surface area contributed by atoms with Crippen LogP contribution in [-0.2, 0) is 9.47 Å². The third-order valence-electron chi connectivity index (χ3n) is 2.81. The first kappa shape index (κ1) is 16.8. The lowest BCUT2D eigenvalue weighted by Crippen LogP contribution is -2.41. The summed E-state index contributed by atoms with van der Waals surface area (Å²) in [5, 5.41) is 9.06. The van der Waals surface area contributed by atoms with E-state index in [0.29, 0.717) is 0 Å². The van der Waals surface area contributed by atoms with E-state index in [1.54, 1.807) is 14.2 Å². The molecule has 5 heteroatoms. The van der Waals surface area contributed by atoms with E-state index in [9.17, 15) is 0 Å². The van der Waals surface area contributed by atoms with E-state index >= 15 is 0 Å². The van der Waals surface area contributed by atoms with E-state index in [0.717, 1.165) is 45.7 Å². The van der Waals surface area contributed by atoms with Gasteiger partial charge >= 0.3 is 0 Å². The first-order valence-electron chi connectivity index (χ1n) is 6.15. The largest absolute Gasteiger partial charge is 0.394 e. The quantitative estimate of drug-likeness (QED) is 0.541. The van der Waals surface area contributed by atoms with Crippen molar-refractivity contribution < 1.29 is 14.6 Å². The molecule has 0 heterocycles. The topological polar surface area (TPSA) is 68.0 Å². The van der Waals surface area contributed by atoms with Crippen LogP contribution < -0.4 is 5.73 Å². The van der Waals surface area contributed by atoms with Crippen molar-refractivity contribution in [3.63, 3.8) is 0 Å². The zero-order valence-corrected chi connectivity index (χ0v) is 11.4. The van der Waals surface area contributed by atoms with E-state index in [4.69, 9.17) is 20.3 Å². The number of nitrogens with zero attached hydrogens (tertiary/aromatic N) is 1. The average Bonchev–Trinajstić information content (AvgIpc) is 2.31. The number of rotatable bonds is 11. The molecule has 0 aliphatic heterocycles. The highest BCUT2D eigenvalue weighted by molar-refractivity contribution is 4.77. The second kappa shape index (κ2) is 9.79. The number of aliphatic hydroxyl groups excluding tert-OH is 1. The molecule has 104 valence electrons. The third-order valence-corrected chi connectivity index (χ3v) is 2.81. The van der Waals surface area contributed by atoms with Crippen molar-refractivity contribution in [3.8, 4) is 0 Å². The van der Waals surface area contributed by atoms with Gasteiger partial charge in [0.2, 0.25) is 0 Å². The summed E-state index contributed by atoms with van der Waals surface area (Å²) >= 11 is 0. The molecule has 0 fully saturated rings. The fraction of sp³-hybridized carbons (Fsp3) is 1.00. The third kappa shape index (κ3) is 9.50. The summed E-state index contributed by atoms with van der Waals surface area (Å²) < 4.78 is 10.1. The fourth-order valence-corrected chi connectivity index (χ4v) is 1.56. The summed E-state index contributed by atoms with van der Waals surface area (Å²) in [7, 11) is 3.41. The molecule has 0 saturated carbocycles. The summed E-state index contributed by atoms with van der Waals surface area (Å²) in [6.45, 7) is 6.12. The molecule has 0 aromatic rings. The molecule has 0 aliphatic rings. The Labute approximate surface area is 105 Å². The van der Waals surface area contributed by atoms with Crippen LogP contribution in [0.25, 0.3) is 0 Å². The summed E-state index contributed by atoms with van der Waals surface area (Å²) in [4.78, 5) is 2.29. The number of aliphatic hydroxyl groups is 1. The Morgan fingerprint density at radius 3 is 2.06 bits per heavy atom. The van der Waals surface area contributed by atoms with Crippen LogP contribution >= 0.6 is 0 Å². The Morgan fingerprint density at radius 2 is 1.65 bits per heavy atom. The first-order chi connectivity index (χ1) is 8.05. The molecular formula is C12H28N2O3. The molecule has 5 nitrogen and oxygen atoms in total. The highest BCUT2D eigenvalue weighted by Crippen LogP contribution is 2.08. The minimum atomic E-state index is -0.464. The van der Waals surface area contributed by atoms with Crippen molar-refractivity contribution in [1.29, 1.82) is 0 Å². The van der Waals surface area contributed by atoms with Crippen LogP contribution in [0.4, 0.5) is 0 Å². The van der Waals surface area contributed by atoms with Crippen molar-refractivity contribution in [2.75, 3.05) is 53.7 Å². The summed E-state index contributed by atoms with van der Waals surface area (Å²) in [5.41, 5.74) is 5.42. The van der Waals surface area contributed by atoms with Crippen LogP contribution in [0.3, 0.4) is 0 Å². The van der Waals surface area contributed by atoms with Gasteiger partial charge in [-0.1, -0.05) is 0 Å². The number of nitrogens with two attached hydrogens (primary N) is 1. The van der Waals surface area contributed by atoms with Gasteiger partial charge in [0.05, 0.1) is 19.8 Å². The van der Waals surface area contributed by atoms with E-state index in [1.165, 1.54) is 0 Å². The Kier molecular flexibility index (Phi) is 9.68. The maximum absolute atomic E-state index is 9.06. The van der Waals surface area contributed by atoms with Crippen molar-refractivity contribution in [2.45, 2.75) is 25.3 Å². The number of ether oxygens (including phenoxy) is 2. The predicted molar refractivity (Wildman–Crippen MR) is 69.1 cm³/mol. The molecule has 3 N–H and O–H groups in total. The fourth-order valence-electron chi connectivity index (χ4n) is 1.56. The maximum Gasteiger partial charge on any atom is 0.0608 e. The molecule has 0 aromatic carbocycles. The maximum atomic E-state index is 9.06. The van der Waals surface area contributed by atoms with Gasteiger partial charge in [0.1, 0.15) is 0 Å². The smallest absolute Gasteiger partial charge is 0.0608 e. The zero-order chi connectivity index (χ0) is 13.1.